The number of nitrogens with zero attached hydrogens (tertiary/aromatic N) is 4. The van der Waals surface area contributed by atoms with E-state index in [0.29, 0.717) is 11.4 Å². The van der Waals surface area contributed by atoms with Gasteiger partial charge in [0.1, 0.15) is 12.2 Å². The summed E-state index contributed by atoms with van der Waals surface area (Å²) in [6.07, 6.45) is 1.41. The van der Waals surface area contributed by atoms with Gasteiger partial charge >= 0.3 is 6.03 Å². The first kappa shape index (κ1) is 15.9. The second kappa shape index (κ2) is 6.50. The van der Waals surface area contributed by atoms with Crippen molar-refractivity contribution in [1.82, 2.24) is 25.0 Å². The highest BCUT2D eigenvalue weighted by Crippen LogP contribution is 2.16. The van der Waals surface area contributed by atoms with Crippen LogP contribution in [0.15, 0.2) is 24.5 Å². The Labute approximate surface area is 126 Å². The average molecular weight is 309 g/mol. The van der Waals surface area contributed by atoms with E-state index in [0.717, 1.165) is 12.1 Å². The summed E-state index contributed by atoms with van der Waals surface area (Å²) in [5.41, 5.74) is 0.485. The van der Waals surface area contributed by atoms with E-state index in [4.69, 9.17) is 0 Å². The Hall–Kier alpha value is -2.51. The van der Waals surface area contributed by atoms with Crippen LogP contribution in [-0.4, -0.2) is 32.7 Å². The first-order valence-electron chi connectivity index (χ1n) is 6.68. The summed E-state index contributed by atoms with van der Waals surface area (Å²) in [4.78, 5) is 17.6. The second-order valence-electron chi connectivity index (χ2n) is 5.00. The van der Waals surface area contributed by atoms with Crippen molar-refractivity contribution in [3.8, 4) is 0 Å². The molecule has 2 rings (SSSR count). The molecule has 0 spiro atoms. The second-order valence-corrected chi connectivity index (χ2v) is 5.00. The Kier molecular flexibility index (Phi) is 4.69. The lowest BCUT2D eigenvalue weighted by atomic mass is 10.1. The number of carbonyl (C=O) groups is 1. The lowest BCUT2D eigenvalue weighted by molar-refractivity contribution is 0.202. The molecule has 2 aromatic rings. The van der Waals surface area contributed by atoms with Crippen molar-refractivity contribution in [2.75, 3.05) is 7.05 Å². The number of aryl methyl sites for hydroxylation is 1. The first-order chi connectivity index (χ1) is 10.4. The number of nitrogens with one attached hydrogen (secondary N) is 1. The van der Waals surface area contributed by atoms with Gasteiger partial charge in [0.2, 0.25) is 0 Å². The number of rotatable bonds is 4. The minimum absolute atomic E-state index is 0.285. The van der Waals surface area contributed by atoms with Crippen LogP contribution in [-0.2, 0) is 13.6 Å². The van der Waals surface area contributed by atoms with Crippen molar-refractivity contribution in [2.45, 2.75) is 19.5 Å². The van der Waals surface area contributed by atoms with E-state index in [2.05, 4.69) is 15.4 Å². The normalized spacial score (nSPS) is 12.0. The monoisotopic (exact) mass is 309 g/mol. The minimum atomic E-state index is -0.939. The molecule has 0 unspecified atom stereocenters. The van der Waals surface area contributed by atoms with Crippen LogP contribution in [0.4, 0.5) is 13.6 Å². The molecule has 2 amide bonds. The third-order valence-electron chi connectivity index (χ3n) is 3.31. The Bertz CT molecular complexity index is 673. The molecule has 1 heterocycles. The summed E-state index contributed by atoms with van der Waals surface area (Å²) in [6, 6.07) is 2.75. The van der Waals surface area contributed by atoms with Crippen molar-refractivity contribution in [1.29, 1.82) is 0 Å². The predicted octanol–water partition coefficient (Wildman–Crippen LogP) is 2.00. The van der Waals surface area contributed by atoms with Crippen LogP contribution in [0, 0.1) is 11.6 Å². The van der Waals surface area contributed by atoms with Crippen molar-refractivity contribution < 1.29 is 13.6 Å². The molecule has 1 aromatic heterocycles. The summed E-state index contributed by atoms with van der Waals surface area (Å²) in [7, 11) is 3.35. The zero-order valence-corrected chi connectivity index (χ0v) is 12.5. The van der Waals surface area contributed by atoms with Crippen molar-refractivity contribution in [3.63, 3.8) is 0 Å². The molecule has 1 N–H and O–H groups in total. The molecule has 0 aliphatic heterocycles. The molecule has 118 valence electrons. The summed E-state index contributed by atoms with van der Waals surface area (Å²) in [5.74, 6) is -1.22. The van der Waals surface area contributed by atoms with Gasteiger partial charge in [-0.1, -0.05) is 6.07 Å². The number of halogens is 2. The summed E-state index contributed by atoms with van der Waals surface area (Å²) >= 11 is 0. The molecule has 0 saturated heterocycles. The quantitative estimate of drug-likeness (QED) is 0.939. The van der Waals surface area contributed by atoms with Crippen LogP contribution in [0.2, 0.25) is 0 Å². The number of hydrogen-bond acceptors (Lipinski definition) is 3. The van der Waals surface area contributed by atoms with Gasteiger partial charge in [0.05, 0.1) is 12.6 Å². The molecule has 0 saturated carbocycles. The van der Waals surface area contributed by atoms with Crippen LogP contribution in [0.5, 0.6) is 0 Å². The van der Waals surface area contributed by atoms with Gasteiger partial charge in [0.15, 0.2) is 11.6 Å². The molecule has 0 aliphatic rings. The Morgan fingerprint density at radius 1 is 1.41 bits per heavy atom. The average Bonchev–Trinajstić information content (AvgIpc) is 2.87. The van der Waals surface area contributed by atoms with Gasteiger partial charge in [-0.3, -0.25) is 4.68 Å². The number of hydrogen-bond donors (Lipinski definition) is 1. The lowest BCUT2D eigenvalue weighted by Gasteiger charge is -2.21. The van der Waals surface area contributed by atoms with Gasteiger partial charge in [-0.25, -0.2) is 18.6 Å². The van der Waals surface area contributed by atoms with Crippen LogP contribution in [0.25, 0.3) is 0 Å². The van der Waals surface area contributed by atoms with E-state index in [9.17, 15) is 13.6 Å². The molecule has 8 heteroatoms. The summed E-state index contributed by atoms with van der Waals surface area (Å²) in [6.45, 7) is 1.98. The molecule has 0 fully saturated rings. The molecule has 6 nitrogen and oxygen atoms in total. The van der Waals surface area contributed by atoms with Crippen molar-refractivity contribution >= 4 is 6.03 Å². The number of aromatic nitrogens is 3. The molecule has 1 aromatic carbocycles. The fraction of sp³-hybridized carbons (Fsp3) is 0.357. The van der Waals surface area contributed by atoms with E-state index in [1.165, 1.54) is 17.3 Å². The number of benzene rings is 1. The predicted molar refractivity (Wildman–Crippen MR) is 75.8 cm³/mol. The van der Waals surface area contributed by atoms with Gasteiger partial charge in [0.25, 0.3) is 0 Å². The van der Waals surface area contributed by atoms with Crippen LogP contribution < -0.4 is 5.32 Å². The van der Waals surface area contributed by atoms with Crippen LogP contribution in [0.3, 0.4) is 0 Å². The smallest absolute Gasteiger partial charge is 0.318 e. The number of amides is 2. The van der Waals surface area contributed by atoms with Gasteiger partial charge in [0, 0.05) is 14.1 Å². The van der Waals surface area contributed by atoms with E-state index >= 15 is 0 Å². The molecule has 0 aliphatic carbocycles. The first-order valence-corrected chi connectivity index (χ1v) is 6.68. The SMILES string of the molecule is C[C@H](NC(=O)N(C)Cc1ncnn1C)c1ccc(F)c(F)c1. The van der Waals surface area contributed by atoms with Crippen molar-refractivity contribution in [2.24, 2.45) is 7.05 Å². The third kappa shape index (κ3) is 3.57. The van der Waals surface area contributed by atoms with Gasteiger partial charge in [-0.2, -0.15) is 5.10 Å². The van der Waals surface area contributed by atoms with Gasteiger partial charge < -0.3 is 10.2 Å². The van der Waals surface area contributed by atoms with Crippen molar-refractivity contribution in [3.05, 3.63) is 47.5 Å². The maximum Gasteiger partial charge on any atom is 0.318 e. The highest BCUT2D eigenvalue weighted by molar-refractivity contribution is 5.74. The minimum Gasteiger partial charge on any atom is -0.331 e. The largest absolute Gasteiger partial charge is 0.331 e. The zero-order valence-electron chi connectivity index (χ0n) is 12.5. The van der Waals surface area contributed by atoms with Crippen LogP contribution in [0.1, 0.15) is 24.4 Å². The Morgan fingerprint density at radius 2 is 2.14 bits per heavy atom. The topological polar surface area (TPSA) is 63.1 Å². The molecule has 22 heavy (non-hydrogen) atoms. The number of carbonyl (C=O) groups excluding carboxylic acids is 1. The zero-order chi connectivity index (χ0) is 16.3. The molecular weight excluding hydrogens is 292 g/mol. The van der Waals surface area contributed by atoms with Gasteiger partial charge in [-0.15, -0.1) is 0 Å². The molecule has 1 atom stereocenters. The lowest BCUT2D eigenvalue weighted by Crippen LogP contribution is -2.38. The summed E-state index contributed by atoms with van der Waals surface area (Å²) in [5, 5.41) is 6.64. The highest BCUT2D eigenvalue weighted by Gasteiger charge is 2.16. The fourth-order valence-electron chi connectivity index (χ4n) is 1.91. The molecule has 0 radical (unpaired) electrons. The van der Waals surface area contributed by atoms with E-state index in [1.54, 1.807) is 25.7 Å². The third-order valence-corrected chi connectivity index (χ3v) is 3.31. The highest BCUT2D eigenvalue weighted by atomic mass is 19.2. The van der Waals surface area contributed by atoms with E-state index in [1.807, 2.05) is 0 Å². The van der Waals surface area contributed by atoms with Gasteiger partial charge in [-0.05, 0) is 24.6 Å². The molecule has 0 bridgehead atoms. The standard InChI is InChI=1S/C14H17F2N5O/c1-9(10-4-5-11(15)12(16)6-10)19-14(22)20(2)7-13-17-8-18-21(13)3/h4-6,8-9H,7H2,1-3H3,(H,19,22)/t9-/m0/s1. The maximum absolute atomic E-state index is 13.2. The van der Waals surface area contributed by atoms with E-state index in [-0.39, 0.29) is 12.6 Å². The van der Waals surface area contributed by atoms with Crippen LogP contribution >= 0.6 is 0 Å². The van der Waals surface area contributed by atoms with E-state index < -0.39 is 17.7 Å². The molecular formula is C14H17F2N5O. The fourth-order valence-corrected chi connectivity index (χ4v) is 1.91. The Balaban J connectivity index is 1.98. The Morgan fingerprint density at radius 3 is 2.73 bits per heavy atom. The number of urea groups is 1. The maximum atomic E-state index is 13.2. The summed E-state index contributed by atoms with van der Waals surface area (Å²) < 4.78 is 27.7.